The third-order valence-corrected chi connectivity index (χ3v) is 2.49. The normalized spacial score (nSPS) is 15.1. The zero-order chi connectivity index (χ0) is 9.78. The van der Waals surface area contributed by atoms with E-state index in [0.29, 0.717) is 6.42 Å². The van der Waals surface area contributed by atoms with Gasteiger partial charge in [0.2, 0.25) is 16.4 Å². The Bertz CT molecular complexity index is 216. The SMILES string of the molecule is CCC(CC(F)F)CS(N)(=O)=O. The topological polar surface area (TPSA) is 60.2 Å². The molecule has 0 aromatic rings. The molecule has 0 aromatic carbocycles. The van der Waals surface area contributed by atoms with Crippen molar-refractivity contribution in [1.29, 1.82) is 0 Å². The Morgan fingerprint density at radius 1 is 1.42 bits per heavy atom. The molecule has 0 bridgehead atoms. The minimum absolute atomic E-state index is 0.353. The number of halogens is 2. The Morgan fingerprint density at radius 2 is 1.92 bits per heavy atom. The second kappa shape index (κ2) is 4.71. The Morgan fingerprint density at radius 3 is 2.17 bits per heavy atom. The summed E-state index contributed by atoms with van der Waals surface area (Å²) in [5, 5.41) is 4.71. The van der Waals surface area contributed by atoms with Gasteiger partial charge in [-0.05, 0) is 5.92 Å². The molecule has 12 heavy (non-hydrogen) atoms. The number of rotatable bonds is 5. The van der Waals surface area contributed by atoms with Crippen molar-refractivity contribution in [2.45, 2.75) is 26.2 Å². The van der Waals surface area contributed by atoms with Gasteiger partial charge in [0.05, 0.1) is 5.75 Å². The Kier molecular flexibility index (Phi) is 4.62. The molecule has 0 amide bonds. The molecule has 0 rings (SSSR count). The molecule has 0 aromatic heterocycles. The second-order valence-electron chi connectivity index (χ2n) is 2.73. The van der Waals surface area contributed by atoms with Crippen LogP contribution in [0.15, 0.2) is 0 Å². The molecule has 0 radical (unpaired) electrons. The third kappa shape index (κ3) is 6.48. The lowest BCUT2D eigenvalue weighted by Crippen LogP contribution is -2.24. The summed E-state index contributed by atoms with van der Waals surface area (Å²) < 4.78 is 44.7. The average Bonchev–Trinajstić information content (AvgIpc) is 1.82. The lowest BCUT2D eigenvalue weighted by atomic mass is 10.1. The van der Waals surface area contributed by atoms with Gasteiger partial charge in [-0.3, -0.25) is 0 Å². The van der Waals surface area contributed by atoms with Crippen molar-refractivity contribution in [3.8, 4) is 0 Å². The monoisotopic (exact) mass is 201 g/mol. The van der Waals surface area contributed by atoms with E-state index in [0.717, 1.165) is 0 Å². The van der Waals surface area contributed by atoms with Gasteiger partial charge in [-0.2, -0.15) is 0 Å². The maximum absolute atomic E-state index is 11.8. The zero-order valence-corrected chi connectivity index (χ0v) is 7.65. The Balaban J connectivity index is 4.01. The fourth-order valence-electron chi connectivity index (χ4n) is 0.933. The number of alkyl halides is 2. The molecule has 1 atom stereocenters. The van der Waals surface area contributed by atoms with Crippen LogP contribution >= 0.6 is 0 Å². The van der Waals surface area contributed by atoms with Crippen molar-refractivity contribution < 1.29 is 17.2 Å². The number of hydrogen-bond acceptors (Lipinski definition) is 2. The molecule has 0 fully saturated rings. The maximum atomic E-state index is 11.8. The van der Waals surface area contributed by atoms with E-state index in [4.69, 9.17) is 5.14 Å². The van der Waals surface area contributed by atoms with E-state index < -0.39 is 28.8 Å². The first-order chi connectivity index (χ1) is 5.35. The molecule has 0 heterocycles. The molecule has 6 heteroatoms. The first-order valence-corrected chi connectivity index (χ1v) is 5.35. The van der Waals surface area contributed by atoms with E-state index in [1.807, 2.05) is 0 Å². The van der Waals surface area contributed by atoms with Crippen LogP contribution in [0.25, 0.3) is 0 Å². The summed E-state index contributed by atoms with van der Waals surface area (Å²) in [6.45, 7) is 1.66. The summed E-state index contributed by atoms with van der Waals surface area (Å²) in [7, 11) is -3.61. The second-order valence-corrected chi connectivity index (χ2v) is 4.39. The van der Waals surface area contributed by atoms with Crippen molar-refractivity contribution >= 4 is 10.0 Å². The standard InChI is InChI=1S/C6H13F2NO2S/c1-2-5(3-6(7)8)4-12(9,10)11/h5-6H,2-4H2,1H3,(H2,9,10,11). The quantitative estimate of drug-likeness (QED) is 0.720. The van der Waals surface area contributed by atoms with Crippen molar-refractivity contribution in [3.05, 3.63) is 0 Å². The highest BCUT2D eigenvalue weighted by Crippen LogP contribution is 2.15. The van der Waals surface area contributed by atoms with Crippen molar-refractivity contribution in [2.75, 3.05) is 5.75 Å². The summed E-state index contributed by atoms with van der Waals surface area (Å²) in [5.74, 6) is -0.881. The predicted octanol–water partition coefficient (Wildman–Crippen LogP) is 0.956. The van der Waals surface area contributed by atoms with Gasteiger partial charge < -0.3 is 0 Å². The fraction of sp³-hybridized carbons (Fsp3) is 1.00. The summed E-state index contributed by atoms with van der Waals surface area (Å²) in [6, 6.07) is 0. The maximum Gasteiger partial charge on any atom is 0.238 e. The molecule has 0 aliphatic heterocycles. The molecule has 0 aliphatic rings. The van der Waals surface area contributed by atoms with Crippen LogP contribution in [0.2, 0.25) is 0 Å². The lowest BCUT2D eigenvalue weighted by Gasteiger charge is -2.11. The van der Waals surface area contributed by atoms with Gasteiger partial charge in [0.15, 0.2) is 0 Å². The minimum Gasteiger partial charge on any atom is -0.229 e. The van der Waals surface area contributed by atoms with Crippen molar-refractivity contribution in [1.82, 2.24) is 0 Å². The van der Waals surface area contributed by atoms with Crippen LogP contribution in [0, 0.1) is 5.92 Å². The molecule has 0 saturated carbocycles. The first kappa shape index (κ1) is 11.8. The molecule has 74 valence electrons. The molecular weight excluding hydrogens is 188 g/mol. The van der Waals surface area contributed by atoms with E-state index >= 15 is 0 Å². The number of sulfonamides is 1. The van der Waals surface area contributed by atoms with Gasteiger partial charge in [-0.25, -0.2) is 22.3 Å². The molecule has 1 unspecified atom stereocenters. The summed E-state index contributed by atoms with van der Waals surface area (Å²) in [6.07, 6.45) is -2.45. The zero-order valence-electron chi connectivity index (χ0n) is 6.83. The van der Waals surface area contributed by atoms with Crippen LogP contribution in [-0.4, -0.2) is 20.6 Å². The van der Waals surface area contributed by atoms with E-state index in [1.165, 1.54) is 0 Å². The summed E-state index contributed by atoms with van der Waals surface area (Å²) in [4.78, 5) is 0. The number of primary sulfonamides is 1. The van der Waals surface area contributed by atoms with E-state index in [1.54, 1.807) is 6.92 Å². The molecule has 3 nitrogen and oxygen atoms in total. The van der Waals surface area contributed by atoms with Crippen LogP contribution in [-0.2, 0) is 10.0 Å². The van der Waals surface area contributed by atoms with Crippen LogP contribution in [0.3, 0.4) is 0 Å². The summed E-state index contributed by atoms with van der Waals surface area (Å²) in [5.41, 5.74) is 0. The number of hydrogen-bond donors (Lipinski definition) is 1. The Labute approximate surface area is 71.0 Å². The van der Waals surface area contributed by atoms with E-state index in [9.17, 15) is 17.2 Å². The minimum atomic E-state index is -3.61. The largest absolute Gasteiger partial charge is 0.238 e. The molecule has 0 aliphatic carbocycles. The average molecular weight is 201 g/mol. The summed E-state index contributed by atoms with van der Waals surface area (Å²) >= 11 is 0. The van der Waals surface area contributed by atoms with Crippen molar-refractivity contribution in [3.63, 3.8) is 0 Å². The lowest BCUT2D eigenvalue weighted by molar-refractivity contribution is 0.118. The van der Waals surface area contributed by atoms with Crippen LogP contribution in [0.1, 0.15) is 19.8 Å². The van der Waals surface area contributed by atoms with Gasteiger partial charge in [0.1, 0.15) is 0 Å². The van der Waals surface area contributed by atoms with E-state index in [2.05, 4.69) is 0 Å². The highest BCUT2D eigenvalue weighted by Gasteiger charge is 2.18. The van der Waals surface area contributed by atoms with E-state index in [-0.39, 0.29) is 5.75 Å². The highest BCUT2D eigenvalue weighted by atomic mass is 32.2. The highest BCUT2D eigenvalue weighted by molar-refractivity contribution is 7.89. The molecule has 2 N–H and O–H groups in total. The van der Waals surface area contributed by atoms with Gasteiger partial charge >= 0.3 is 0 Å². The molecule has 0 saturated heterocycles. The van der Waals surface area contributed by atoms with Gasteiger partial charge in [0.25, 0.3) is 0 Å². The van der Waals surface area contributed by atoms with Gasteiger partial charge in [0, 0.05) is 6.42 Å². The van der Waals surface area contributed by atoms with Crippen molar-refractivity contribution in [2.24, 2.45) is 11.1 Å². The smallest absolute Gasteiger partial charge is 0.229 e. The Hall–Kier alpha value is -0.230. The number of nitrogens with two attached hydrogens (primary N) is 1. The van der Waals surface area contributed by atoms with Crippen LogP contribution in [0.5, 0.6) is 0 Å². The van der Waals surface area contributed by atoms with Crippen LogP contribution in [0.4, 0.5) is 8.78 Å². The molecule has 0 spiro atoms. The first-order valence-electron chi connectivity index (χ1n) is 3.63. The van der Waals surface area contributed by atoms with Crippen LogP contribution < -0.4 is 5.14 Å². The third-order valence-electron chi connectivity index (χ3n) is 1.56. The molecular formula is C6H13F2NO2S. The predicted molar refractivity (Wildman–Crippen MR) is 42.4 cm³/mol. The fourth-order valence-corrected chi connectivity index (χ4v) is 1.96. The van der Waals surface area contributed by atoms with Gasteiger partial charge in [-0.15, -0.1) is 0 Å². The van der Waals surface area contributed by atoms with Gasteiger partial charge in [-0.1, -0.05) is 13.3 Å².